The lowest BCUT2D eigenvalue weighted by atomic mass is 10.2. The predicted octanol–water partition coefficient (Wildman–Crippen LogP) is 3.13. The predicted molar refractivity (Wildman–Crippen MR) is 96.4 cm³/mol. The minimum absolute atomic E-state index is 0.0204. The molecule has 0 aliphatic carbocycles. The second-order valence-corrected chi connectivity index (χ2v) is 7.05. The van der Waals surface area contributed by atoms with Crippen molar-refractivity contribution in [2.24, 2.45) is 0 Å². The van der Waals surface area contributed by atoms with E-state index in [1.807, 2.05) is 18.2 Å². The van der Waals surface area contributed by atoms with Gasteiger partial charge in [-0.15, -0.1) is 0 Å². The number of benzene rings is 2. The number of fused-ring (bicyclic) bond motifs is 3. The molecule has 8 heteroatoms. The number of aromatic nitrogens is 2. The van der Waals surface area contributed by atoms with Gasteiger partial charge in [-0.25, -0.2) is 9.38 Å². The first-order chi connectivity index (χ1) is 11.5. The first kappa shape index (κ1) is 15.0. The molecule has 0 saturated carbocycles. The van der Waals surface area contributed by atoms with E-state index in [9.17, 15) is 14.9 Å². The Morgan fingerprint density at radius 2 is 1.96 bits per heavy atom. The van der Waals surface area contributed by atoms with Crippen LogP contribution in [0.25, 0.3) is 22.1 Å². The van der Waals surface area contributed by atoms with Gasteiger partial charge < -0.3 is 0 Å². The maximum atomic E-state index is 12.7. The van der Waals surface area contributed by atoms with Gasteiger partial charge >= 0.3 is 0 Å². The topological polar surface area (TPSA) is 77.5 Å². The van der Waals surface area contributed by atoms with Gasteiger partial charge in [-0.2, -0.15) is 0 Å². The molecule has 2 aromatic carbocycles. The van der Waals surface area contributed by atoms with Crippen molar-refractivity contribution in [1.82, 2.24) is 9.38 Å². The number of rotatable bonds is 2. The molecule has 6 nitrogen and oxygen atoms in total. The molecule has 0 aliphatic heterocycles. The number of nitrogens with zero attached hydrogens (tertiary/aromatic N) is 3. The first-order valence-corrected chi connectivity index (χ1v) is 8.50. The van der Waals surface area contributed by atoms with Crippen molar-refractivity contribution in [3.05, 3.63) is 77.5 Å². The van der Waals surface area contributed by atoms with Gasteiger partial charge in [-0.05, 0) is 42.0 Å². The fraction of sp³-hybridized carbons (Fsp3) is 0. The maximum Gasteiger partial charge on any atom is 0.274 e. The molecule has 0 saturated heterocycles. The third kappa shape index (κ3) is 2.40. The molecular formula is C16H8BrN3O3S. The Balaban J connectivity index is 1.89. The summed E-state index contributed by atoms with van der Waals surface area (Å²) >= 11 is 4.69. The quantitative estimate of drug-likeness (QED) is 0.381. The second-order valence-electron chi connectivity index (χ2n) is 5.13. The Kier molecular flexibility index (Phi) is 3.43. The van der Waals surface area contributed by atoms with Gasteiger partial charge in [0.15, 0.2) is 4.96 Å². The number of imidazole rings is 1. The lowest BCUT2D eigenvalue weighted by Crippen LogP contribution is -2.22. The summed E-state index contributed by atoms with van der Waals surface area (Å²) in [5, 5.41) is 10.7. The van der Waals surface area contributed by atoms with Gasteiger partial charge in [-0.1, -0.05) is 27.3 Å². The molecule has 0 bridgehead atoms. The van der Waals surface area contributed by atoms with Crippen LogP contribution in [0.1, 0.15) is 5.56 Å². The van der Waals surface area contributed by atoms with Crippen molar-refractivity contribution in [3.63, 3.8) is 0 Å². The van der Waals surface area contributed by atoms with E-state index in [0.717, 1.165) is 21.1 Å². The van der Waals surface area contributed by atoms with Crippen LogP contribution in [0.2, 0.25) is 0 Å². The smallest absolute Gasteiger partial charge is 0.267 e. The highest BCUT2D eigenvalue weighted by atomic mass is 79.9. The molecule has 0 amide bonds. The van der Waals surface area contributed by atoms with Crippen LogP contribution in [0.15, 0.2) is 51.7 Å². The van der Waals surface area contributed by atoms with E-state index in [1.165, 1.54) is 23.5 Å². The van der Waals surface area contributed by atoms with Crippen LogP contribution in [0, 0.1) is 10.1 Å². The van der Waals surface area contributed by atoms with E-state index in [2.05, 4.69) is 20.9 Å². The fourth-order valence-electron chi connectivity index (χ4n) is 2.48. The Morgan fingerprint density at radius 1 is 1.21 bits per heavy atom. The molecule has 0 spiro atoms. The summed E-state index contributed by atoms with van der Waals surface area (Å²) in [6.07, 6.45) is 1.72. The normalized spacial score (nSPS) is 12.3. The number of non-ortho nitro benzene ring substituents is 1. The minimum Gasteiger partial charge on any atom is -0.267 e. The van der Waals surface area contributed by atoms with Gasteiger partial charge in [0.2, 0.25) is 0 Å². The van der Waals surface area contributed by atoms with Crippen molar-refractivity contribution < 1.29 is 4.92 Å². The summed E-state index contributed by atoms with van der Waals surface area (Å²) < 4.78 is 3.03. The summed E-state index contributed by atoms with van der Waals surface area (Å²) in [4.78, 5) is 28.0. The average Bonchev–Trinajstić information content (AvgIpc) is 3.04. The first-order valence-electron chi connectivity index (χ1n) is 6.89. The highest BCUT2D eigenvalue weighted by molar-refractivity contribution is 9.10. The zero-order chi connectivity index (χ0) is 16.8. The third-order valence-electron chi connectivity index (χ3n) is 3.60. The van der Waals surface area contributed by atoms with Gasteiger partial charge in [0, 0.05) is 16.6 Å². The zero-order valence-electron chi connectivity index (χ0n) is 12.0. The van der Waals surface area contributed by atoms with Gasteiger partial charge in [-0.3, -0.25) is 14.9 Å². The number of thiazole rings is 1. The molecule has 0 N–H and O–H groups in total. The van der Waals surface area contributed by atoms with E-state index in [4.69, 9.17) is 0 Å². The molecule has 4 aromatic rings. The molecule has 0 fully saturated rings. The van der Waals surface area contributed by atoms with Crippen molar-refractivity contribution in [3.8, 4) is 0 Å². The Hall–Kier alpha value is -2.58. The molecule has 2 aromatic heterocycles. The fourth-order valence-corrected chi connectivity index (χ4v) is 3.82. The van der Waals surface area contributed by atoms with E-state index >= 15 is 0 Å². The van der Waals surface area contributed by atoms with E-state index in [1.54, 1.807) is 22.6 Å². The highest BCUT2D eigenvalue weighted by Gasteiger charge is 2.11. The van der Waals surface area contributed by atoms with Gasteiger partial charge in [0.05, 0.1) is 20.5 Å². The Labute approximate surface area is 147 Å². The summed E-state index contributed by atoms with van der Waals surface area (Å²) in [5.74, 6) is 0. The molecule has 0 atom stereocenters. The van der Waals surface area contributed by atoms with Crippen LogP contribution in [0.4, 0.5) is 5.69 Å². The van der Waals surface area contributed by atoms with Crippen LogP contribution in [0.3, 0.4) is 0 Å². The molecule has 0 unspecified atom stereocenters. The molecule has 4 rings (SSSR count). The number of nitro groups is 1. The summed E-state index contributed by atoms with van der Waals surface area (Å²) in [5.41, 5.74) is 2.13. The third-order valence-corrected chi connectivity index (χ3v) is 5.06. The lowest BCUT2D eigenvalue weighted by Gasteiger charge is -1.92. The van der Waals surface area contributed by atoms with Gasteiger partial charge in [0.1, 0.15) is 0 Å². The largest absolute Gasteiger partial charge is 0.274 e. The summed E-state index contributed by atoms with van der Waals surface area (Å²) in [6.45, 7) is 0. The Morgan fingerprint density at radius 3 is 2.67 bits per heavy atom. The number of hydrogen-bond acceptors (Lipinski definition) is 5. The van der Waals surface area contributed by atoms with E-state index < -0.39 is 4.92 Å². The lowest BCUT2D eigenvalue weighted by molar-refractivity contribution is -0.384. The highest BCUT2D eigenvalue weighted by Crippen LogP contribution is 2.21. The second kappa shape index (κ2) is 5.50. The molecule has 24 heavy (non-hydrogen) atoms. The van der Waals surface area contributed by atoms with Crippen molar-refractivity contribution in [2.45, 2.75) is 0 Å². The van der Waals surface area contributed by atoms with Crippen LogP contribution in [-0.4, -0.2) is 14.3 Å². The molecular weight excluding hydrogens is 394 g/mol. The van der Waals surface area contributed by atoms with Crippen molar-refractivity contribution in [2.75, 3.05) is 0 Å². The standard InChI is InChI=1S/C16H8BrN3O3S/c17-10-3-6-13-12(8-10)18-16-19(13)15(21)14(24-16)7-9-1-4-11(5-2-9)20(22)23/h1-8H/b14-7+. The number of halogens is 1. The van der Waals surface area contributed by atoms with Crippen molar-refractivity contribution in [1.29, 1.82) is 0 Å². The summed E-state index contributed by atoms with van der Waals surface area (Å²) in [7, 11) is 0. The zero-order valence-corrected chi connectivity index (χ0v) is 14.4. The molecule has 0 aliphatic rings. The van der Waals surface area contributed by atoms with Crippen LogP contribution in [0.5, 0.6) is 0 Å². The maximum absolute atomic E-state index is 12.7. The van der Waals surface area contributed by atoms with Crippen LogP contribution >= 0.6 is 27.3 Å². The number of nitro benzene ring substituents is 1. The SMILES string of the molecule is O=c1/c(=C\c2ccc([N+](=O)[O-])cc2)sc2nc3cc(Br)ccc3n12. The number of hydrogen-bond donors (Lipinski definition) is 0. The monoisotopic (exact) mass is 401 g/mol. The van der Waals surface area contributed by atoms with Crippen LogP contribution < -0.4 is 10.1 Å². The molecule has 2 heterocycles. The summed E-state index contributed by atoms with van der Waals surface area (Å²) in [6, 6.07) is 11.7. The molecule has 118 valence electrons. The molecule has 0 radical (unpaired) electrons. The van der Waals surface area contributed by atoms with Crippen LogP contribution in [-0.2, 0) is 0 Å². The van der Waals surface area contributed by atoms with E-state index in [0.29, 0.717) is 9.49 Å². The van der Waals surface area contributed by atoms with Gasteiger partial charge in [0.25, 0.3) is 11.2 Å². The Bertz CT molecular complexity index is 1210. The van der Waals surface area contributed by atoms with E-state index in [-0.39, 0.29) is 11.2 Å². The average molecular weight is 402 g/mol. The van der Waals surface area contributed by atoms with Crippen molar-refractivity contribution >= 4 is 55.0 Å². The minimum atomic E-state index is -0.452.